The molecule has 1 heterocycles. The van der Waals surface area contributed by atoms with Crippen LogP contribution in [0, 0.1) is 0 Å². The van der Waals surface area contributed by atoms with Gasteiger partial charge in [-0.1, -0.05) is 0 Å². The van der Waals surface area contributed by atoms with Crippen LogP contribution in [0.25, 0.3) is 0 Å². The summed E-state index contributed by atoms with van der Waals surface area (Å²) in [5, 5.41) is 3.32. The predicted molar refractivity (Wildman–Crippen MR) is 67.8 cm³/mol. The third-order valence-electron chi connectivity index (χ3n) is 1.88. The van der Waals surface area contributed by atoms with E-state index < -0.39 is 0 Å². The molecule has 6 heteroatoms. The maximum absolute atomic E-state index is 10.8. The zero-order valence-electron chi connectivity index (χ0n) is 9.27. The lowest BCUT2D eigenvalue weighted by atomic mass is 10.5. The summed E-state index contributed by atoms with van der Waals surface area (Å²) < 4.78 is 4.55. The molecule has 1 aromatic rings. The molecule has 16 heavy (non-hydrogen) atoms. The Balaban J connectivity index is 1.87. The molecule has 0 bridgehead atoms. The van der Waals surface area contributed by atoms with Gasteiger partial charge in [0.1, 0.15) is 0 Å². The van der Waals surface area contributed by atoms with Gasteiger partial charge in [-0.15, -0.1) is 11.3 Å². The molecule has 0 aliphatic rings. The van der Waals surface area contributed by atoms with Gasteiger partial charge >= 0.3 is 5.97 Å². The van der Waals surface area contributed by atoms with Gasteiger partial charge in [0.25, 0.3) is 0 Å². The Hall–Kier alpha value is -0.590. The number of hydrogen-bond acceptors (Lipinski definition) is 6. The quantitative estimate of drug-likeness (QED) is 0.567. The standard InChI is InChI=1S/C10H16N2O2S2/c1-14-10(13)2-4-15-5-3-11-6-9-7-12-8-16-9/h7-8,11H,2-6H2,1H3. The Morgan fingerprint density at radius 3 is 3.19 bits per heavy atom. The zero-order valence-corrected chi connectivity index (χ0v) is 10.9. The predicted octanol–water partition coefficient (Wildman–Crippen LogP) is 1.53. The molecule has 0 fully saturated rings. The molecule has 0 aromatic carbocycles. The van der Waals surface area contributed by atoms with Crippen molar-refractivity contribution in [2.45, 2.75) is 13.0 Å². The number of ether oxygens (including phenoxy) is 1. The molecule has 1 N–H and O–H groups in total. The summed E-state index contributed by atoms with van der Waals surface area (Å²) in [6.07, 6.45) is 2.37. The number of carbonyl (C=O) groups excluding carboxylic acids is 1. The highest BCUT2D eigenvalue weighted by Crippen LogP contribution is 2.05. The van der Waals surface area contributed by atoms with Crippen LogP contribution in [-0.2, 0) is 16.1 Å². The van der Waals surface area contributed by atoms with E-state index in [0.29, 0.717) is 6.42 Å². The van der Waals surface area contributed by atoms with Crippen molar-refractivity contribution in [3.05, 3.63) is 16.6 Å². The van der Waals surface area contributed by atoms with Crippen molar-refractivity contribution in [3.63, 3.8) is 0 Å². The largest absolute Gasteiger partial charge is 0.469 e. The van der Waals surface area contributed by atoms with E-state index in [2.05, 4.69) is 15.0 Å². The number of methoxy groups -OCH3 is 1. The number of esters is 1. The fraction of sp³-hybridized carbons (Fsp3) is 0.600. The summed E-state index contributed by atoms with van der Waals surface area (Å²) >= 11 is 3.42. The van der Waals surface area contributed by atoms with Gasteiger partial charge in [0, 0.05) is 35.7 Å². The molecule has 0 amide bonds. The zero-order chi connectivity index (χ0) is 11.6. The second-order valence-electron chi connectivity index (χ2n) is 3.08. The van der Waals surface area contributed by atoms with Crippen LogP contribution in [0.1, 0.15) is 11.3 Å². The average Bonchev–Trinajstić information content (AvgIpc) is 2.80. The molecular weight excluding hydrogens is 244 g/mol. The van der Waals surface area contributed by atoms with Crippen LogP contribution < -0.4 is 5.32 Å². The number of hydrogen-bond donors (Lipinski definition) is 1. The molecule has 90 valence electrons. The van der Waals surface area contributed by atoms with E-state index in [1.807, 2.05) is 11.7 Å². The summed E-state index contributed by atoms with van der Waals surface area (Å²) in [7, 11) is 1.42. The molecule has 0 spiro atoms. The van der Waals surface area contributed by atoms with E-state index >= 15 is 0 Å². The molecule has 0 aliphatic carbocycles. The van der Waals surface area contributed by atoms with Crippen LogP contribution in [-0.4, -0.2) is 36.1 Å². The summed E-state index contributed by atoms with van der Waals surface area (Å²) in [6, 6.07) is 0. The van der Waals surface area contributed by atoms with Gasteiger partial charge in [0.05, 0.1) is 19.0 Å². The first-order valence-electron chi connectivity index (χ1n) is 5.05. The van der Waals surface area contributed by atoms with Crippen molar-refractivity contribution in [2.24, 2.45) is 0 Å². The lowest BCUT2D eigenvalue weighted by Gasteiger charge is -2.02. The Bertz CT molecular complexity index is 291. The Labute approximate surface area is 104 Å². The Morgan fingerprint density at radius 1 is 1.62 bits per heavy atom. The average molecular weight is 260 g/mol. The van der Waals surface area contributed by atoms with Gasteiger partial charge in [-0.05, 0) is 0 Å². The van der Waals surface area contributed by atoms with Crippen molar-refractivity contribution in [1.82, 2.24) is 10.3 Å². The van der Waals surface area contributed by atoms with Crippen LogP contribution >= 0.6 is 23.1 Å². The highest BCUT2D eigenvalue weighted by Gasteiger charge is 1.99. The van der Waals surface area contributed by atoms with Crippen LogP contribution in [0.15, 0.2) is 11.7 Å². The maximum atomic E-state index is 10.8. The molecule has 4 nitrogen and oxygen atoms in total. The topological polar surface area (TPSA) is 51.2 Å². The molecule has 1 rings (SSSR count). The number of thioether (sulfide) groups is 1. The first-order chi connectivity index (χ1) is 7.83. The lowest BCUT2D eigenvalue weighted by molar-refractivity contribution is -0.140. The fourth-order valence-electron chi connectivity index (χ4n) is 1.04. The number of nitrogens with one attached hydrogen (secondary N) is 1. The van der Waals surface area contributed by atoms with Gasteiger partial charge in [0.2, 0.25) is 0 Å². The minimum absolute atomic E-state index is 0.134. The van der Waals surface area contributed by atoms with Gasteiger partial charge in [-0.2, -0.15) is 11.8 Å². The van der Waals surface area contributed by atoms with Crippen LogP contribution in [0.5, 0.6) is 0 Å². The Kier molecular flexibility index (Phi) is 7.20. The van der Waals surface area contributed by atoms with Crippen molar-refractivity contribution in [3.8, 4) is 0 Å². The second kappa shape index (κ2) is 8.55. The van der Waals surface area contributed by atoms with Gasteiger partial charge in [0.15, 0.2) is 0 Å². The molecule has 0 saturated carbocycles. The molecule has 0 unspecified atom stereocenters. The van der Waals surface area contributed by atoms with Crippen molar-refractivity contribution >= 4 is 29.1 Å². The number of carbonyl (C=O) groups is 1. The third-order valence-corrected chi connectivity index (χ3v) is 3.65. The molecular formula is C10H16N2O2S2. The van der Waals surface area contributed by atoms with Crippen molar-refractivity contribution in [2.75, 3.05) is 25.2 Å². The van der Waals surface area contributed by atoms with Gasteiger partial charge < -0.3 is 10.1 Å². The van der Waals surface area contributed by atoms with E-state index in [-0.39, 0.29) is 5.97 Å². The monoisotopic (exact) mass is 260 g/mol. The van der Waals surface area contributed by atoms with Gasteiger partial charge in [-0.3, -0.25) is 9.78 Å². The first-order valence-corrected chi connectivity index (χ1v) is 7.09. The van der Waals surface area contributed by atoms with E-state index in [4.69, 9.17) is 0 Å². The number of thiazole rings is 1. The van der Waals surface area contributed by atoms with E-state index in [1.165, 1.54) is 12.0 Å². The SMILES string of the molecule is COC(=O)CCSCCNCc1cncs1. The normalized spacial score (nSPS) is 10.3. The molecule has 0 saturated heterocycles. The third kappa shape index (κ3) is 6.09. The molecule has 0 radical (unpaired) electrons. The van der Waals surface area contributed by atoms with Crippen LogP contribution in [0.3, 0.4) is 0 Å². The minimum Gasteiger partial charge on any atom is -0.469 e. The summed E-state index contributed by atoms with van der Waals surface area (Å²) in [4.78, 5) is 16.1. The van der Waals surface area contributed by atoms with Crippen LogP contribution in [0.4, 0.5) is 0 Å². The fourth-order valence-corrected chi connectivity index (χ4v) is 2.41. The number of aromatic nitrogens is 1. The number of rotatable bonds is 8. The lowest BCUT2D eigenvalue weighted by Crippen LogP contribution is -2.16. The van der Waals surface area contributed by atoms with Crippen molar-refractivity contribution < 1.29 is 9.53 Å². The van der Waals surface area contributed by atoms with Gasteiger partial charge in [-0.25, -0.2) is 0 Å². The highest BCUT2D eigenvalue weighted by molar-refractivity contribution is 7.99. The maximum Gasteiger partial charge on any atom is 0.306 e. The highest BCUT2D eigenvalue weighted by atomic mass is 32.2. The van der Waals surface area contributed by atoms with E-state index in [1.54, 1.807) is 23.1 Å². The molecule has 1 aromatic heterocycles. The Morgan fingerprint density at radius 2 is 2.50 bits per heavy atom. The molecule has 0 aliphatic heterocycles. The number of nitrogens with zero attached hydrogens (tertiary/aromatic N) is 1. The summed E-state index contributed by atoms with van der Waals surface area (Å²) in [6.45, 7) is 1.83. The first kappa shape index (κ1) is 13.5. The second-order valence-corrected chi connectivity index (χ2v) is 5.28. The van der Waals surface area contributed by atoms with Crippen molar-refractivity contribution in [1.29, 1.82) is 0 Å². The van der Waals surface area contributed by atoms with Crippen LogP contribution in [0.2, 0.25) is 0 Å². The molecule has 0 atom stereocenters. The summed E-state index contributed by atoms with van der Waals surface area (Å²) in [5.41, 5.74) is 1.84. The van der Waals surface area contributed by atoms with E-state index in [9.17, 15) is 4.79 Å². The minimum atomic E-state index is -0.134. The summed E-state index contributed by atoms with van der Waals surface area (Å²) in [5.74, 6) is 1.70. The smallest absolute Gasteiger partial charge is 0.306 e. The van der Waals surface area contributed by atoms with E-state index in [0.717, 1.165) is 24.6 Å².